The molecule has 0 heterocycles. The van der Waals surface area contributed by atoms with Crippen molar-refractivity contribution in [3.8, 4) is 0 Å². The average molecular weight is 305 g/mol. The highest BCUT2D eigenvalue weighted by molar-refractivity contribution is 7.89. The van der Waals surface area contributed by atoms with Gasteiger partial charge in [-0.1, -0.05) is 17.7 Å². The van der Waals surface area contributed by atoms with Gasteiger partial charge in [-0.3, -0.25) is 0 Å². The van der Waals surface area contributed by atoms with Crippen molar-refractivity contribution in [1.82, 2.24) is 0 Å². The van der Waals surface area contributed by atoms with Crippen molar-refractivity contribution < 1.29 is 17.9 Å². The zero-order valence-electron chi connectivity index (χ0n) is 11.4. The van der Waals surface area contributed by atoms with Crippen molar-refractivity contribution in [2.75, 3.05) is 6.26 Å². The lowest BCUT2D eigenvalue weighted by Crippen LogP contribution is -2.24. The van der Waals surface area contributed by atoms with Crippen LogP contribution in [0.3, 0.4) is 0 Å². The van der Waals surface area contributed by atoms with E-state index in [1.54, 1.807) is 26.8 Å². The van der Waals surface area contributed by atoms with Gasteiger partial charge in [0, 0.05) is 6.26 Å². The molecule has 0 aliphatic rings. The first kappa shape index (κ1) is 16.0. The molecule has 106 valence electrons. The molecule has 0 radical (unpaired) electrons. The fraction of sp³-hybridized carbons (Fsp3) is 0.462. The molecule has 0 bridgehead atoms. The van der Waals surface area contributed by atoms with Gasteiger partial charge in [-0.05, 0) is 38.5 Å². The van der Waals surface area contributed by atoms with Crippen LogP contribution < -0.4 is 0 Å². The summed E-state index contributed by atoms with van der Waals surface area (Å²) in [7, 11) is -3.13. The zero-order chi connectivity index (χ0) is 14.8. The standard InChI is InChI=1S/C13H17ClO4S/c1-13(2,3)18-12(15)10-6-5-9(7-11(10)14)8-19(4,16)17/h5-7H,8H2,1-4H3. The molecule has 0 fully saturated rings. The molecule has 6 heteroatoms. The molecular weight excluding hydrogens is 288 g/mol. The Morgan fingerprint density at radius 2 is 1.89 bits per heavy atom. The molecule has 0 atom stereocenters. The van der Waals surface area contributed by atoms with Crippen molar-refractivity contribution in [1.29, 1.82) is 0 Å². The van der Waals surface area contributed by atoms with Crippen LogP contribution in [0.4, 0.5) is 0 Å². The van der Waals surface area contributed by atoms with Gasteiger partial charge < -0.3 is 4.74 Å². The van der Waals surface area contributed by atoms with Crippen LogP contribution in [0.25, 0.3) is 0 Å². The van der Waals surface area contributed by atoms with Crippen LogP contribution in [0.15, 0.2) is 18.2 Å². The van der Waals surface area contributed by atoms with Crippen molar-refractivity contribution in [2.45, 2.75) is 32.1 Å². The first-order valence-corrected chi connectivity index (χ1v) is 8.11. The lowest BCUT2D eigenvalue weighted by atomic mass is 10.1. The van der Waals surface area contributed by atoms with Gasteiger partial charge in [0.05, 0.1) is 16.3 Å². The normalized spacial score (nSPS) is 12.3. The molecule has 0 unspecified atom stereocenters. The summed E-state index contributed by atoms with van der Waals surface area (Å²) in [5.74, 6) is -0.634. The minimum Gasteiger partial charge on any atom is -0.456 e. The maximum Gasteiger partial charge on any atom is 0.340 e. The number of carbonyl (C=O) groups is 1. The smallest absolute Gasteiger partial charge is 0.340 e. The summed E-state index contributed by atoms with van der Waals surface area (Å²) < 4.78 is 27.6. The van der Waals surface area contributed by atoms with Crippen LogP contribution >= 0.6 is 11.6 Å². The minimum atomic E-state index is -3.13. The van der Waals surface area contributed by atoms with Crippen LogP contribution in [0, 0.1) is 0 Å². The Morgan fingerprint density at radius 1 is 1.32 bits per heavy atom. The van der Waals surface area contributed by atoms with Crippen molar-refractivity contribution in [3.05, 3.63) is 34.3 Å². The Labute approximate surface area is 118 Å². The highest BCUT2D eigenvalue weighted by atomic mass is 35.5. The quantitative estimate of drug-likeness (QED) is 0.806. The Kier molecular flexibility index (Phi) is 4.63. The van der Waals surface area contributed by atoms with Crippen LogP contribution in [-0.4, -0.2) is 26.2 Å². The summed E-state index contributed by atoms with van der Waals surface area (Å²) in [6.07, 6.45) is 1.14. The topological polar surface area (TPSA) is 60.4 Å². The van der Waals surface area contributed by atoms with E-state index in [1.165, 1.54) is 12.1 Å². The summed E-state index contributed by atoms with van der Waals surface area (Å²) in [5.41, 5.74) is 0.167. The molecule has 4 nitrogen and oxygen atoms in total. The second kappa shape index (κ2) is 5.51. The molecule has 19 heavy (non-hydrogen) atoms. The summed E-state index contributed by atoms with van der Waals surface area (Å²) in [6.45, 7) is 5.28. The summed E-state index contributed by atoms with van der Waals surface area (Å²) >= 11 is 5.99. The predicted octanol–water partition coefficient (Wildman–Crippen LogP) is 2.84. The van der Waals surface area contributed by atoms with E-state index in [0.29, 0.717) is 5.56 Å². The molecule has 1 rings (SSSR count). The molecule has 0 saturated heterocycles. The Balaban J connectivity index is 2.98. The fourth-order valence-corrected chi connectivity index (χ4v) is 2.52. The third-order valence-electron chi connectivity index (χ3n) is 2.08. The number of sulfone groups is 1. The minimum absolute atomic E-state index is 0.110. The largest absolute Gasteiger partial charge is 0.456 e. The Morgan fingerprint density at radius 3 is 2.32 bits per heavy atom. The molecule has 0 spiro atoms. The number of esters is 1. The highest BCUT2D eigenvalue weighted by Crippen LogP contribution is 2.22. The van der Waals surface area contributed by atoms with Gasteiger partial charge in [0.25, 0.3) is 0 Å². The van der Waals surface area contributed by atoms with E-state index in [0.717, 1.165) is 6.26 Å². The molecule has 1 aromatic rings. The van der Waals surface area contributed by atoms with Crippen LogP contribution in [-0.2, 0) is 20.3 Å². The number of hydrogen-bond donors (Lipinski definition) is 0. The van der Waals surface area contributed by atoms with Crippen LogP contribution in [0.2, 0.25) is 5.02 Å². The molecule has 0 aliphatic heterocycles. The second-order valence-corrected chi connectivity index (χ2v) is 7.93. The van der Waals surface area contributed by atoms with Gasteiger partial charge in [0.1, 0.15) is 5.60 Å². The third-order valence-corrected chi connectivity index (χ3v) is 3.25. The number of hydrogen-bond acceptors (Lipinski definition) is 4. The number of benzene rings is 1. The van der Waals surface area contributed by atoms with E-state index >= 15 is 0 Å². The summed E-state index contributed by atoms with van der Waals surface area (Å²) in [4.78, 5) is 11.9. The van der Waals surface area contributed by atoms with Gasteiger partial charge in [0.15, 0.2) is 9.84 Å². The van der Waals surface area contributed by atoms with E-state index in [4.69, 9.17) is 16.3 Å². The van der Waals surface area contributed by atoms with Crippen LogP contribution in [0.5, 0.6) is 0 Å². The molecule has 0 N–H and O–H groups in total. The summed E-state index contributed by atoms with van der Waals surface area (Å²) in [5, 5.41) is 0.190. The molecule has 0 amide bonds. The Bertz CT molecular complexity index is 585. The van der Waals surface area contributed by atoms with Gasteiger partial charge in [0.2, 0.25) is 0 Å². The van der Waals surface area contributed by atoms with Crippen molar-refractivity contribution in [3.63, 3.8) is 0 Å². The van der Waals surface area contributed by atoms with E-state index < -0.39 is 21.4 Å². The molecule has 0 saturated carbocycles. The number of carbonyl (C=O) groups excluding carboxylic acids is 1. The van der Waals surface area contributed by atoms with Crippen molar-refractivity contribution in [2.24, 2.45) is 0 Å². The maximum atomic E-state index is 11.9. The SMILES string of the molecule is CC(C)(C)OC(=O)c1ccc(CS(C)(=O)=O)cc1Cl. The average Bonchev–Trinajstić information content (AvgIpc) is 2.11. The first-order chi connectivity index (χ1) is 8.48. The lowest BCUT2D eigenvalue weighted by molar-refractivity contribution is 0.00697. The van der Waals surface area contributed by atoms with Gasteiger partial charge in [-0.15, -0.1) is 0 Å². The maximum absolute atomic E-state index is 11.9. The van der Waals surface area contributed by atoms with Crippen LogP contribution in [0.1, 0.15) is 36.7 Å². The second-order valence-electron chi connectivity index (χ2n) is 5.39. The highest BCUT2D eigenvalue weighted by Gasteiger charge is 2.20. The van der Waals surface area contributed by atoms with Gasteiger partial charge in [-0.2, -0.15) is 0 Å². The van der Waals surface area contributed by atoms with Crippen molar-refractivity contribution >= 4 is 27.4 Å². The fourth-order valence-electron chi connectivity index (χ4n) is 1.45. The Hall–Kier alpha value is -1.07. The predicted molar refractivity (Wildman–Crippen MR) is 75.2 cm³/mol. The molecule has 1 aromatic carbocycles. The molecule has 0 aliphatic carbocycles. The first-order valence-electron chi connectivity index (χ1n) is 5.67. The number of ether oxygens (including phenoxy) is 1. The van der Waals surface area contributed by atoms with E-state index in [-0.39, 0.29) is 16.3 Å². The molecule has 0 aromatic heterocycles. The molecular formula is C13H17ClO4S. The lowest BCUT2D eigenvalue weighted by Gasteiger charge is -2.20. The van der Waals surface area contributed by atoms with Gasteiger partial charge >= 0.3 is 5.97 Å². The monoisotopic (exact) mass is 304 g/mol. The van der Waals surface area contributed by atoms with Gasteiger partial charge in [-0.25, -0.2) is 13.2 Å². The third kappa shape index (κ3) is 5.61. The summed E-state index contributed by atoms with van der Waals surface area (Å²) in [6, 6.07) is 4.52. The van der Waals surface area contributed by atoms with E-state index in [9.17, 15) is 13.2 Å². The zero-order valence-corrected chi connectivity index (χ0v) is 12.9. The van der Waals surface area contributed by atoms with E-state index in [2.05, 4.69) is 0 Å². The number of rotatable bonds is 3. The number of halogens is 1. The van der Waals surface area contributed by atoms with E-state index in [1.807, 2.05) is 0 Å².